The molecule has 3 nitrogen and oxygen atoms in total. The smallest absolute Gasteiger partial charge is 0.119 e. The van der Waals surface area contributed by atoms with E-state index < -0.39 is 0 Å². The van der Waals surface area contributed by atoms with E-state index >= 15 is 0 Å². The average Bonchev–Trinajstić information content (AvgIpc) is 2.48. The molecule has 0 saturated carbocycles. The van der Waals surface area contributed by atoms with Crippen molar-refractivity contribution in [2.45, 2.75) is 51.9 Å². The molecule has 0 atom stereocenters. The molecule has 0 aromatic heterocycles. The maximum absolute atomic E-state index is 8.70. The molecule has 0 amide bonds. The molecule has 1 aromatic rings. The molecule has 0 fully saturated rings. The van der Waals surface area contributed by atoms with E-state index in [-0.39, 0.29) is 0 Å². The van der Waals surface area contributed by atoms with E-state index in [0.717, 1.165) is 50.3 Å². The van der Waals surface area contributed by atoms with E-state index in [9.17, 15) is 0 Å². The van der Waals surface area contributed by atoms with Gasteiger partial charge in [-0.15, -0.1) is 0 Å². The second-order valence-corrected chi connectivity index (χ2v) is 5.14. The van der Waals surface area contributed by atoms with Crippen LogP contribution < -0.4 is 10.1 Å². The number of aliphatic hydroxyl groups is 1. The van der Waals surface area contributed by atoms with Gasteiger partial charge in [0.15, 0.2) is 0 Å². The monoisotopic (exact) mass is 279 g/mol. The van der Waals surface area contributed by atoms with Crippen LogP contribution in [0, 0.1) is 0 Å². The molecule has 0 spiro atoms. The molecule has 114 valence electrons. The van der Waals surface area contributed by atoms with Crippen LogP contribution in [-0.2, 0) is 0 Å². The molecule has 0 heterocycles. The Morgan fingerprint density at radius 1 is 0.950 bits per heavy atom. The summed E-state index contributed by atoms with van der Waals surface area (Å²) in [5, 5.41) is 12.1. The van der Waals surface area contributed by atoms with Gasteiger partial charge in [0.1, 0.15) is 5.75 Å². The molecule has 0 aliphatic rings. The summed E-state index contributed by atoms with van der Waals surface area (Å²) in [6.07, 6.45) is 8.01. The number of unbranched alkanes of at least 4 members (excludes halogenated alkanes) is 5. The number of nitrogens with one attached hydrogen (secondary N) is 1. The lowest BCUT2D eigenvalue weighted by Crippen LogP contribution is -2.02. The molecule has 1 aromatic carbocycles. The van der Waals surface area contributed by atoms with Crippen molar-refractivity contribution in [3.63, 3.8) is 0 Å². The fourth-order valence-electron chi connectivity index (χ4n) is 2.03. The number of hydrogen-bond acceptors (Lipinski definition) is 3. The second-order valence-electron chi connectivity index (χ2n) is 5.14. The number of hydrogen-bond donors (Lipinski definition) is 2. The molecule has 0 saturated heterocycles. The van der Waals surface area contributed by atoms with Gasteiger partial charge in [-0.2, -0.15) is 0 Å². The van der Waals surface area contributed by atoms with Crippen molar-refractivity contribution in [1.29, 1.82) is 0 Å². The Labute approximate surface area is 123 Å². The lowest BCUT2D eigenvalue weighted by atomic mass is 10.2. The van der Waals surface area contributed by atoms with Gasteiger partial charge in [0.2, 0.25) is 0 Å². The molecule has 20 heavy (non-hydrogen) atoms. The summed E-state index contributed by atoms with van der Waals surface area (Å²) in [4.78, 5) is 0. The first-order valence-electron chi connectivity index (χ1n) is 7.94. The molecular formula is C17H29NO2. The van der Waals surface area contributed by atoms with Crippen molar-refractivity contribution >= 4 is 5.69 Å². The minimum absolute atomic E-state index is 0.296. The lowest BCUT2D eigenvalue weighted by Gasteiger charge is -2.09. The summed E-state index contributed by atoms with van der Waals surface area (Å²) in [5.41, 5.74) is 1.13. The standard InChI is InChI=1S/C17H29NO2/c1-2-3-4-8-15-20-17-11-9-16(10-12-17)18-13-6-5-7-14-19/h9-12,18-19H,2-8,13-15H2,1H3. The number of benzene rings is 1. The molecule has 0 unspecified atom stereocenters. The maximum Gasteiger partial charge on any atom is 0.119 e. The third kappa shape index (κ3) is 8.05. The largest absolute Gasteiger partial charge is 0.494 e. The number of rotatable bonds is 12. The van der Waals surface area contributed by atoms with Crippen molar-refractivity contribution in [3.05, 3.63) is 24.3 Å². The Morgan fingerprint density at radius 2 is 1.70 bits per heavy atom. The second kappa shape index (κ2) is 11.6. The van der Waals surface area contributed by atoms with Crippen LogP contribution in [0.4, 0.5) is 5.69 Å². The molecule has 0 aliphatic heterocycles. The van der Waals surface area contributed by atoms with Gasteiger partial charge in [-0.3, -0.25) is 0 Å². The zero-order valence-corrected chi connectivity index (χ0v) is 12.7. The fraction of sp³-hybridized carbons (Fsp3) is 0.647. The molecule has 0 radical (unpaired) electrons. The highest BCUT2D eigenvalue weighted by Crippen LogP contribution is 2.16. The van der Waals surface area contributed by atoms with Gasteiger partial charge in [-0.05, 0) is 49.9 Å². The minimum atomic E-state index is 0.296. The molecule has 0 bridgehead atoms. The fourth-order valence-corrected chi connectivity index (χ4v) is 2.03. The minimum Gasteiger partial charge on any atom is -0.494 e. The topological polar surface area (TPSA) is 41.5 Å². The highest BCUT2D eigenvalue weighted by Gasteiger charge is 1.96. The first-order valence-corrected chi connectivity index (χ1v) is 7.94. The number of aliphatic hydroxyl groups excluding tert-OH is 1. The molecule has 3 heteroatoms. The van der Waals surface area contributed by atoms with Gasteiger partial charge in [-0.25, -0.2) is 0 Å². The summed E-state index contributed by atoms with van der Waals surface area (Å²) in [5.74, 6) is 0.951. The van der Waals surface area contributed by atoms with Gasteiger partial charge in [0.05, 0.1) is 6.61 Å². The summed E-state index contributed by atoms with van der Waals surface area (Å²) < 4.78 is 5.71. The zero-order valence-electron chi connectivity index (χ0n) is 12.7. The maximum atomic E-state index is 8.70. The van der Waals surface area contributed by atoms with E-state index in [0.29, 0.717) is 6.61 Å². The van der Waals surface area contributed by atoms with Crippen LogP contribution in [0.15, 0.2) is 24.3 Å². The summed E-state index contributed by atoms with van der Waals surface area (Å²) in [7, 11) is 0. The van der Waals surface area contributed by atoms with Gasteiger partial charge < -0.3 is 15.2 Å². The lowest BCUT2D eigenvalue weighted by molar-refractivity contribution is 0.283. The summed E-state index contributed by atoms with van der Waals surface area (Å²) in [6, 6.07) is 8.17. The third-order valence-electron chi connectivity index (χ3n) is 3.28. The summed E-state index contributed by atoms with van der Waals surface area (Å²) in [6.45, 7) is 4.28. The van der Waals surface area contributed by atoms with Crippen molar-refractivity contribution in [2.75, 3.05) is 25.1 Å². The van der Waals surface area contributed by atoms with Crippen LogP contribution in [0.25, 0.3) is 0 Å². The average molecular weight is 279 g/mol. The van der Waals surface area contributed by atoms with Gasteiger partial charge in [-0.1, -0.05) is 26.2 Å². The molecule has 0 aliphatic carbocycles. The van der Waals surface area contributed by atoms with Crippen LogP contribution in [-0.4, -0.2) is 24.9 Å². The van der Waals surface area contributed by atoms with Crippen molar-refractivity contribution in [1.82, 2.24) is 0 Å². The first-order chi connectivity index (χ1) is 9.86. The Hall–Kier alpha value is -1.22. The van der Waals surface area contributed by atoms with Crippen LogP contribution >= 0.6 is 0 Å². The van der Waals surface area contributed by atoms with Gasteiger partial charge in [0.25, 0.3) is 0 Å². The number of ether oxygens (including phenoxy) is 1. The first kappa shape index (κ1) is 16.8. The summed E-state index contributed by atoms with van der Waals surface area (Å²) >= 11 is 0. The van der Waals surface area contributed by atoms with E-state index in [2.05, 4.69) is 24.4 Å². The highest BCUT2D eigenvalue weighted by molar-refractivity contribution is 5.46. The predicted molar refractivity (Wildman–Crippen MR) is 85.5 cm³/mol. The SMILES string of the molecule is CCCCCCOc1ccc(NCCCCCO)cc1. The Morgan fingerprint density at radius 3 is 2.40 bits per heavy atom. The Kier molecular flexibility index (Phi) is 9.76. The van der Waals surface area contributed by atoms with E-state index in [1.807, 2.05) is 12.1 Å². The van der Waals surface area contributed by atoms with E-state index in [1.54, 1.807) is 0 Å². The molecule has 1 rings (SSSR count). The van der Waals surface area contributed by atoms with Crippen LogP contribution in [0.3, 0.4) is 0 Å². The van der Waals surface area contributed by atoms with Gasteiger partial charge in [0, 0.05) is 18.8 Å². The van der Waals surface area contributed by atoms with Crippen molar-refractivity contribution in [3.8, 4) is 5.75 Å². The Bertz CT molecular complexity index is 291. The van der Waals surface area contributed by atoms with Crippen molar-refractivity contribution in [2.24, 2.45) is 0 Å². The zero-order chi connectivity index (χ0) is 14.5. The predicted octanol–water partition coefficient (Wildman–Crippen LogP) is 4.22. The van der Waals surface area contributed by atoms with Crippen LogP contribution in [0.2, 0.25) is 0 Å². The number of anilines is 1. The van der Waals surface area contributed by atoms with E-state index in [1.165, 1.54) is 19.3 Å². The highest BCUT2D eigenvalue weighted by atomic mass is 16.5. The van der Waals surface area contributed by atoms with E-state index in [4.69, 9.17) is 9.84 Å². The molecular weight excluding hydrogens is 250 g/mol. The molecule has 2 N–H and O–H groups in total. The quantitative estimate of drug-likeness (QED) is 0.563. The Balaban J connectivity index is 2.13. The normalized spacial score (nSPS) is 10.5. The van der Waals surface area contributed by atoms with Crippen LogP contribution in [0.5, 0.6) is 5.75 Å². The van der Waals surface area contributed by atoms with Crippen LogP contribution in [0.1, 0.15) is 51.9 Å². The van der Waals surface area contributed by atoms with Gasteiger partial charge >= 0.3 is 0 Å². The van der Waals surface area contributed by atoms with Crippen molar-refractivity contribution < 1.29 is 9.84 Å². The third-order valence-corrected chi connectivity index (χ3v) is 3.28.